The van der Waals surface area contributed by atoms with Crippen molar-refractivity contribution < 1.29 is 0 Å². The Bertz CT molecular complexity index is 317. The number of amidine groups is 1. The van der Waals surface area contributed by atoms with Crippen LogP contribution in [0.15, 0.2) is 30.3 Å². The molecule has 0 amide bonds. The molecule has 1 rings (SSSR count). The van der Waals surface area contributed by atoms with E-state index >= 15 is 0 Å². The summed E-state index contributed by atoms with van der Waals surface area (Å²) in [5.74, 6) is 1.04. The number of hydrogen-bond acceptors (Lipinski definition) is 1. The van der Waals surface area contributed by atoms with Crippen LogP contribution < -0.4 is 0 Å². The zero-order valence-corrected chi connectivity index (χ0v) is 10.5. The van der Waals surface area contributed by atoms with Crippen molar-refractivity contribution in [1.29, 1.82) is 5.41 Å². The van der Waals surface area contributed by atoms with Crippen LogP contribution in [0, 0.1) is 11.3 Å². The molecule has 2 heteroatoms. The molecule has 0 spiro atoms. The molecule has 0 saturated heterocycles. The van der Waals surface area contributed by atoms with Gasteiger partial charge in [0.05, 0.1) is 5.84 Å². The number of hydrogen-bond donors (Lipinski definition) is 1. The molecule has 0 heterocycles. The van der Waals surface area contributed by atoms with Crippen molar-refractivity contribution in [2.45, 2.75) is 33.7 Å². The fraction of sp³-hybridized carbons (Fsp3) is 0.500. The van der Waals surface area contributed by atoms with Gasteiger partial charge < -0.3 is 4.90 Å². The highest BCUT2D eigenvalue weighted by Gasteiger charge is 2.12. The third-order valence-electron chi connectivity index (χ3n) is 2.60. The molecule has 0 fully saturated rings. The molecular weight excluding hydrogens is 196 g/mol. The Morgan fingerprint density at radius 2 is 1.88 bits per heavy atom. The van der Waals surface area contributed by atoms with Gasteiger partial charge in [-0.3, -0.25) is 5.41 Å². The van der Waals surface area contributed by atoms with E-state index in [0.717, 1.165) is 25.3 Å². The van der Waals surface area contributed by atoms with E-state index < -0.39 is 0 Å². The van der Waals surface area contributed by atoms with E-state index in [1.54, 1.807) is 0 Å². The van der Waals surface area contributed by atoms with Crippen molar-refractivity contribution in [2.24, 2.45) is 5.92 Å². The van der Waals surface area contributed by atoms with Gasteiger partial charge in [-0.15, -0.1) is 0 Å². The summed E-state index contributed by atoms with van der Waals surface area (Å²) in [5.41, 5.74) is 1.28. The van der Waals surface area contributed by atoms with Crippen molar-refractivity contribution in [2.75, 3.05) is 6.54 Å². The smallest absolute Gasteiger partial charge is 0.0986 e. The Morgan fingerprint density at radius 1 is 1.25 bits per heavy atom. The van der Waals surface area contributed by atoms with E-state index in [2.05, 4.69) is 49.9 Å². The van der Waals surface area contributed by atoms with Crippen molar-refractivity contribution in [3.63, 3.8) is 0 Å². The second kappa shape index (κ2) is 6.31. The molecule has 0 radical (unpaired) electrons. The molecule has 0 aliphatic heterocycles. The second-order valence-corrected chi connectivity index (χ2v) is 4.45. The van der Waals surface area contributed by atoms with Crippen LogP contribution >= 0.6 is 0 Å². The third kappa shape index (κ3) is 3.69. The number of rotatable bonds is 5. The molecule has 88 valence electrons. The zero-order chi connectivity index (χ0) is 12.0. The summed E-state index contributed by atoms with van der Waals surface area (Å²) in [6.45, 7) is 8.13. The van der Waals surface area contributed by atoms with Crippen LogP contribution in [0.5, 0.6) is 0 Å². The van der Waals surface area contributed by atoms with Crippen molar-refractivity contribution in [1.82, 2.24) is 4.90 Å². The maximum absolute atomic E-state index is 8.08. The highest BCUT2D eigenvalue weighted by Crippen LogP contribution is 2.09. The first-order valence-corrected chi connectivity index (χ1v) is 6.02. The Hall–Kier alpha value is -1.31. The molecule has 2 nitrogen and oxygen atoms in total. The highest BCUT2D eigenvalue weighted by molar-refractivity contribution is 5.80. The molecule has 0 atom stereocenters. The fourth-order valence-corrected chi connectivity index (χ4v) is 1.72. The summed E-state index contributed by atoms with van der Waals surface area (Å²) >= 11 is 0. The predicted molar refractivity (Wildman–Crippen MR) is 69.7 cm³/mol. The van der Waals surface area contributed by atoms with Gasteiger partial charge in [0.2, 0.25) is 0 Å². The van der Waals surface area contributed by atoms with E-state index in [1.807, 2.05) is 6.07 Å². The molecule has 0 aliphatic carbocycles. The van der Waals surface area contributed by atoms with Gasteiger partial charge in [0.15, 0.2) is 0 Å². The third-order valence-corrected chi connectivity index (χ3v) is 2.60. The summed E-state index contributed by atoms with van der Waals surface area (Å²) in [4.78, 5) is 2.17. The summed E-state index contributed by atoms with van der Waals surface area (Å²) in [6, 6.07) is 10.4. The highest BCUT2D eigenvalue weighted by atomic mass is 15.2. The monoisotopic (exact) mass is 218 g/mol. The van der Waals surface area contributed by atoms with Gasteiger partial charge in [-0.25, -0.2) is 0 Å². The SMILES string of the molecule is CCCN(Cc1ccccc1)C(=N)C(C)C. The van der Waals surface area contributed by atoms with E-state index in [9.17, 15) is 0 Å². The van der Waals surface area contributed by atoms with Crippen molar-refractivity contribution >= 4 is 5.84 Å². The van der Waals surface area contributed by atoms with E-state index in [-0.39, 0.29) is 0 Å². The minimum Gasteiger partial charge on any atom is -0.356 e. The molecular formula is C14H22N2. The minimum atomic E-state index is 0.301. The number of nitrogens with one attached hydrogen (secondary N) is 1. The van der Waals surface area contributed by atoms with E-state index in [0.29, 0.717) is 5.92 Å². The van der Waals surface area contributed by atoms with Gasteiger partial charge in [-0.2, -0.15) is 0 Å². The lowest BCUT2D eigenvalue weighted by molar-refractivity contribution is 0.389. The lowest BCUT2D eigenvalue weighted by Crippen LogP contribution is -2.33. The van der Waals surface area contributed by atoms with Crippen LogP contribution in [0.1, 0.15) is 32.8 Å². The first-order valence-electron chi connectivity index (χ1n) is 6.02. The lowest BCUT2D eigenvalue weighted by Gasteiger charge is -2.27. The van der Waals surface area contributed by atoms with Crippen LogP contribution in [0.4, 0.5) is 0 Å². The molecule has 0 bridgehead atoms. The average Bonchev–Trinajstić information content (AvgIpc) is 2.29. The van der Waals surface area contributed by atoms with Crippen LogP contribution in [-0.4, -0.2) is 17.3 Å². The van der Waals surface area contributed by atoms with Crippen molar-refractivity contribution in [3.8, 4) is 0 Å². The maximum Gasteiger partial charge on any atom is 0.0986 e. The van der Waals surface area contributed by atoms with Gasteiger partial charge in [-0.1, -0.05) is 51.1 Å². The van der Waals surface area contributed by atoms with Crippen LogP contribution in [0.3, 0.4) is 0 Å². The Labute approximate surface area is 98.8 Å². The normalized spacial score (nSPS) is 10.5. The lowest BCUT2D eigenvalue weighted by atomic mass is 10.1. The van der Waals surface area contributed by atoms with Gasteiger partial charge in [0.1, 0.15) is 0 Å². The molecule has 0 unspecified atom stereocenters. The molecule has 1 aromatic rings. The van der Waals surface area contributed by atoms with E-state index in [4.69, 9.17) is 5.41 Å². The molecule has 0 saturated carbocycles. The van der Waals surface area contributed by atoms with Gasteiger partial charge >= 0.3 is 0 Å². The topological polar surface area (TPSA) is 27.1 Å². The Kier molecular flexibility index (Phi) is 5.03. The zero-order valence-electron chi connectivity index (χ0n) is 10.5. The number of nitrogens with zero attached hydrogens (tertiary/aromatic N) is 1. The Morgan fingerprint density at radius 3 is 2.38 bits per heavy atom. The second-order valence-electron chi connectivity index (χ2n) is 4.45. The summed E-state index contributed by atoms with van der Waals surface area (Å²) in [6.07, 6.45) is 1.09. The molecule has 0 aliphatic rings. The molecule has 16 heavy (non-hydrogen) atoms. The van der Waals surface area contributed by atoms with Crippen molar-refractivity contribution in [3.05, 3.63) is 35.9 Å². The summed E-state index contributed by atoms with van der Waals surface area (Å²) < 4.78 is 0. The molecule has 0 aromatic heterocycles. The van der Waals surface area contributed by atoms with E-state index in [1.165, 1.54) is 5.56 Å². The molecule has 1 aromatic carbocycles. The Balaban J connectivity index is 2.68. The maximum atomic E-state index is 8.08. The van der Waals surface area contributed by atoms with Gasteiger partial charge in [0, 0.05) is 19.0 Å². The van der Waals surface area contributed by atoms with Crippen LogP contribution in [-0.2, 0) is 6.54 Å². The van der Waals surface area contributed by atoms with Crippen LogP contribution in [0.25, 0.3) is 0 Å². The average molecular weight is 218 g/mol. The van der Waals surface area contributed by atoms with Gasteiger partial charge in [-0.05, 0) is 12.0 Å². The quantitative estimate of drug-likeness (QED) is 0.594. The van der Waals surface area contributed by atoms with Crippen LogP contribution in [0.2, 0.25) is 0 Å². The molecule has 1 N–H and O–H groups in total. The fourth-order valence-electron chi connectivity index (χ4n) is 1.72. The predicted octanol–water partition coefficient (Wildman–Crippen LogP) is 3.53. The minimum absolute atomic E-state index is 0.301. The number of benzene rings is 1. The summed E-state index contributed by atoms with van der Waals surface area (Å²) in [7, 11) is 0. The largest absolute Gasteiger partial charge is 0.356 e. The standard InChI is InChI=1S/C14H22N2/c1-4-10-16(14(15)12(2)3)11-13-8-6-5-7-9-13/h5-9,12,15H,4,10-11H2,1-3H3. The summed E-state index contributed by atoms with van der Waals surface area (Å²) in [5, 5.41) is 8.08. The first-order chi connectivity index (χ1) is 7.65. The first kappa shape index (κ1) is 12.8. The van der Waals surface area contributed by atoms with Gasteiger partial charge in [0.25, 0.3) is 0 Å².